The Hall–Kier alpha value is -1.09. The van der Waals surface area contributed by atoms with Crippen LogP contribution in [0.4, 0.5) is 10.1 Å². The first-order valence-corrected chi connectivity index (χ1v) is 5.32. The maximum Gasteiger partial charge on any atom is 0.123 e. The van der Waals surface area contributed by atoms with Gasteiger partial charge in [-0.1, -0.05) is 0 Å². The van der Waals surface area contributed by atoms with Crippen molar-refractivity contribution in [3.63, 3.8) is 0 Å². The van der Waals surface area contributed by atoms with E-state index in [1.54, 1.807) is 6.07 Å². The standard InChI is InChI=1S/C12H16FNO/c1-9-6-11(13)2-3-12(9)14-5-4-10(7-14)8-15/h2-3,6,10,15H,4-5,7-8H2,1H3. The number of aliphatic hydroxyl groups is 1. The van der Waals surface area contributed by atoms with Crippen molar-refractivity contribution in [2.75, 3.05) is 24.6 Å². The molecule has 1 aliphatic rings. The van der Waals surface area contributed by atoms with Gasteiger partial charge in [0.15, 0.2) is 0 Å². The van der Waals surface area contributed by atoms with E-state index >= 15 is 0 Å². The lowest BCUT2D eigenvalue weighted by molar-refractivity contribution is 0.238. The van der Waals surface area contributed by atoms with Crippen molar-refractivity contribution in [3.8, 4) is 0 Å². The lowest BCUT2D eigenvalue weighted by Crippen LogP contribution is -2.21. The number of halogens is 1. The fourth-order valence-corrected chi connectivity index (χ4v) is 2.17. The number of anilines is 1. The van der Waals surface area contributed by atoms with Gasteiger partial charge < -0.3 is 10.0 Å². The Morgan fingerprint density at radius 3 is 2.93 bits per heavy atom. The highest BCUT2D eigenvalue weighted by molar-refractivity contribution is 5.53. The van der Waals surface area contributed by atoms with Gasteiger partial charge in [0.25, 0.3) is 0 Å². The molecule has 1 saturated heterocycles. The zero-order valence-electron chi connectivity index (χ0n) is 8.91. The Kier molecular flexibility index (Phi) is 2.91. The Labute approximate surface area is 89.3 Å². The molecular formula is C12H16FNO. The SMILES string of the molecule is Cc1cc(F)ccc1N1CCC(CO)C1. The van der Waals surface area contributed by atoms with Crippen LogP contribution in [-0.4, -0.2) is 24.8 Å². The number of aliphatic hydroxyl groups excluding tert-OH is 1. The molecular weight excluding hydrogens is 193 g/mol. The van der Waals surface area contributed by atoms with Crippen molar-refractivity contribution in [1.82, 2.24) is 0 Å². The van der Waals surface area contributed by atoms with Crippen LogP contribution in [-0.2, 0) is 0 Å². The summed E-state index contributed by atoms with van der Waals surface area (Å²) in [6.45, 7) is 4.00. The summed E-state index contributed by atoms with van der Waals surface area (Å²) in [6, 6.07) is 4.88. The van der Waals surface area contributed by atoms with Gasteiger partial charge in [0, 0.05) is 31.3 Å². The maximum atomic E-state index is 12.9. The highest BCUT2D eigenvalue weighted by Gasteiger charge is 2.22. The predicted molar refractivity (Wildman–Crippen MR) is 58.5 cm³/mol. The lowest BCUT2D eigenvalue weighted by Gasteiger charge is -2.20. The second-order valence-electron chi connectivity index (χ2n) is 4.21. The monoisotopic (exact) mass is 209 g/mol. The molecule has 1 atom stereocenters. The first kappa shape index (κ1) is 10.4. The predicted octanol–water partition coefficient (Wildman–Crippen LogP) is 1.95. The number of nitrogens with zero attached hydrogens (tertiary/aromatic N) is 1. The number of benzene rings is 1. The molecule has 0 aliphatic carbocycles. The van der Waals surface area contributed by atoms with E-state index in [4.69, 9.17) is 5.11 Å². The molecule has 1 N–H and O–H groups in total. The van der Waals surface area contributed by atoms with E-state index in [1.807, 2.05) is 13.0 Å². The van der Waals surface area contributed by atoms with Gasteiger partial charge in [-0.3, -0.25) is 0 Å². The third-order valence-corrected chi connectivity index (χ3v) is 3.04. The van der Waals surface area contributed by atoms with Crippen LogP contribution in [0, 0.1) is 18.7 Å². The summed E-state index contributed by atoms with van der Waals surface area (Å²) in [5.41, 5.74) is 2.06. The van der Waals surface area contributed by atoms with Gasteiger partial charge in [-0.2, -0.15) is 0 Å². The fraction of sp³-hybridized carbons (Fsp3) is 0.500. The molecule has 3 heteroatoms. The van der Waals surface area contributed by atoms with Gasteiger partial charge >= 0.3 is 0 Å². The third kappa shape index (κ3) is 2.12. The van der Waals surface area contributed by atoms with Gasteiger partial charge in [-0.05, 0) is 37.1 Å². The van der Waals surface area contributed by atoms with Gasteiger partial charge in [0.2, 0.25) is 0 Å². The van der Waals surface area contributed by atoms with Crippen molar-refractivity contribution >= 4 is 5.69 Å². The molecule has 1 aromatic rings. The van der Waals surface area contributed by atoms with Crippen LogP contribution in [0.2, 0.25) is 0 Å². The molecule has 82 valence electrons. The number of rotatable bonds is 2. The highest BCUT2D eigenvalue weighted by atomic mass is 19.1. The molecule has 1 fully saturated rings. The minimum absolute atomic E-state index is 0.186. The quantitative estimate of drug-likeness (QED) is 0.804. The molecule has 0 amide bonds. The summed E-state index contributed by atoms with van der Waals surface area (Å²) in [6.07, 6.45) is 1.02. The van der Waals surface area contributed by atoms with Crippen LogP contribution in [0.3, 0.4) is 0 Å². The van der Waals surface area contributed by atoms with Crippen LogP contribution in [0.5, 0.6) is 0 Å². The first-order valence-electron chi connectivity index (χ1n) is 5.32. The molecule has 0 spiro atoms. The van der Waals surface area contributed by atoms with Crippen molar-refractivity contribution in [2.24, 2.45) is 5.92 Å². The van der Waals surface area contributed by atoms with E-state index in [0.29, 0.717) is 5.92 Å². The summed E-state index contributed by atoms with van der Waals surface area (Å²) in [7, 11) is 0. The Bertz CT molecular complexity index is 353. The zero-order chi connectivity index (χ0) is 10.8. The van der Waals surface area contributed by atoms with E-state index in [-0.39, 0.29) is 12.4 Å². The average Bonchev–Trinajstić information content (AvgIpc) is 2.66. The summed E-state index contributed by atoms with van der Waals surface area (Å²) < 4.78 is 12.9. The van der Waals surface area contributed by atoms with Gasteiger partial charge in [0.1, 0.15) is 5.82 Å². The molecule has 1 aromatic carbocycles. The molecule has 15 heavy (non-hydrogen) atoms. The van der Waals surface area contributed by atoms with Crippen LogP contribution >= 0.6 is 0 Å². The van der Waals surface area contributed by atoms with Gasteiger partial charge in [-0.25, -0.2) is 4.39 Å². The molecule has 0 aromatic heterocycles. The number of hydrogen-bond acceptors (Lipinski definition) is 2. The second-order valence-corrected chi connectivity index (χ2v) is 4.21. The Balaban J connectivity index is 2.17. The molecule has 1 unspecified atom stereocenters. The lowest BCUT2D eigenvalue weighted by atomic mass is 10.1. The molecule has 0 bridgehead atoms. The second kappa shape index (κ2) is 4.19. The summed E-state index contributed by atoms with van der Waals surface area (Å²) in [5, 5.41) is 9.06. The smallest absolute Gasteiger partial charge is 0.123 e. The minimum Gasteiger partial charge on any atom is -0.396 e. The molecule has 2 rings (SSSR count). The van der Waals surface area contributed by atoms with E-state index in [9.17, 15) is 4.39 Å². The molecule has 0 radical (unpaired) electrons. The normalized spacial score (nSPS) is 21.0. The average molecular weight is 209 g/mol. The van der Waals surface area contributed by atoms with Crippen molar-refractivity contribution < 1.29 is 9.50 Å². The summed E-state index contributed by atoms with van der Waals surface area (Å²) >= 11 is 0. The van der Waals surface area contributed by atoms with E-state index in [0.717, 1.165) is 30.8 Å². The highest BCUT2D eigenvalue weighted by Crippen LogP contribution is 2.26. The summed E-state index contributed by atoms with van der Waals surface area (Å²) in [5.74, 6) is 0.184. The Morgan fingerprint density at radius 1 is 1.53 bits per heavy atom. The van der Waals surface area contributed by atoms with Crippen LogP contribution in [0.15, 0.2) is 18.2 Å². The van der Waals surface area contributed by atoms with Crippen LogP contribution in [0.25, 0.3) is 0 Å². The first-order chi connectivity index (χ1) is 7.20. The van der Waals surface area contributed by atoms with E-state index in [2.05, 4.69) is 4.90 Å². The van der Waals surface area contributed by atoms with Gasteiger partial charge in [-0.15, -0.1) is 0 Å². The minimum atomic E-state index is -0.186. The molecule has 2 nitrogen and oxygen atoms in total. The number of aryl methyl sites for hydroxylation is 1. The van der Waals surface area contributed by atoms with Crippen molar-refractivity contribution in [3.05, 3.63) is 29.6 Å². The van der Waals surface area contributed by atoms with Crippen LogP contribution < -0.4 is 4.90 Å². The largest absolute Gasteiger partial charge is 0.396 e. The van der Waals surface area contributed by atoms with Gasteiger partial charge in [0.05, 0.1) is 0 Å². The molecule has 1 aliphatic heterocycles. The van der Waals surface area contributed by atoms with Crippen molar-refractivity contribution in [2.45, 2.75) is 13.3 Å². The maximum absolute atomic E-state index is 12.9. The van der Waals surface area contributed by atoms with E-state index in [1.165, 1.54) is 6.07 Å². The third-order valence-electron chi connectivity index (χ3n) is 3.04. The Morgan fingerprint density at radius 2 is 2.33 bits per heavy atom. The number of hydrogen-bond donors (Lipinski definition) is 1. The topological polar surface area (TPSA) is 23.5 Å². The molecule has 0 saturated carbocycles. The van der Waals surface area contributed by atoms with Crippen molar-refractivity contribution in [1.29, 1.82) is 0 Å². The van der Waals surface area contributed by atoms with E-state index < -0.39 is 0 Å². The van der Waals surface area contributed by atoms with Crippen LogP contribution in [0.1, 0.15) is 12.0 Å². The molecule has 1 heterocycles. The fourth-order valence-electron chi connectivity index (χ4n) is 2.17. The zero-order valence-corrected chi connectivity index (χ0v) is 8.91. The summed E-state index contributed by atoms with van der Waals surface area (Å²) in [4.78, 5) is 2.22.